The van der Waals surface area contributed by atoms with Gasteiger partial charge < -0.3 is 10.1 Å². The molecule has 0 spiro atoms. The Morgan fingerprint density at radius 1 is 1.38 bits per heavy atom. The van der Waals surface area contributed by atoms with Crippen LogP contribution in [0.25, 0.3) is 0 Å². The molecule has 0 amide bonds. The van der Waals surface area contributed by atoms with Crippen molar-refractivity contribution in [3.8, 4) is 0 Å². The van der Waals surface area contributed by atoms with E-state index in [1.807, 2.05) is 0 Å². The van der Waals surface area contributed by atoms with Crippen LogP contribution >= 0.6 is 12.4 Å². The highest BCUT2D eigenvalue weighted by Gasteiger charge is 2.42. The molecule has 76 valence electrons. The lowest BCUT2D eigenvalue weighted by Gasteiger charge is -2.14. The molecule has 1 saturated carbocycles. The Morgan fingerprint density at radius 2 is 2.08 bits per heavy atom. The van der Waals surface area contributed by atoms with Crippen molar-refractivity contribution < 1.29 is 9.53 Å². The van der Waals surface area contributed by atoms with Crippen LogP contribution in [0.15, 0.2) is 0 Å². The number of nitrogens with one attached hydrogen (secondary N) is 1. The summed E-state index contributed by atoms with van der Waals surface area (Å²) in [6, 6.07) is 0. The van der Waals surface area contributed by atoms with Gasteiger partial charge in [-0.1, -0.05) is 0 Å². The fourth-order valence-corrected chi connectivity index (χ4v) is 2.13. The van der Waals surface area contributed by atoms with E-state index < -0.39 is 0 Å². The molecule has 2 atom stereocenters. The summed E-state index contributed by atoms with van der Waals surface area (Å²) < 4.78 is 4.76. The number of carbonyl (C=O) groups excluding carboxylic acids is 1. The van der Waals surface area contributed by atoms with Gasteiger partial charge in [-0.05, 0) is 31.2 Å². The van der Waals surface area contributed by atoms with Crippen molar-refractivity contribution in [3.63, 3.8) is 0 Å². The van der Waals surface area contributed by atoms with Gasteiger partial charge in [0.05, 0.1) is 13.0 Å². The van der Waals surface area contributed by atoms with Gasteiger partial charge in [0.2, 0.25) is 0 Å². The first-order valence-electron chi connectivity index (χ1n) is 4.61. The third-order valence-corrected chi connectivity index (χ3v) is 2.99. The maximum absolute atomic E-state index is 11.3. The fourth-order valence-electron chi connectivity index (χ4n) is 2.13. The summed E-state index contributed by atoms with van der Waals surface area (Å²) in [5.74, 6) is 1.45. The molecule has 1 N–H and O–H groups in total. The summed E-state index contributed by atoms with van der Waals surface area (Å²) >= 11 is 0. The lowest BCUT2D eigenvalue weighted by Crippen LogP contribution is -2.25. The first-order chi connectivity index (χ1) is 5.83. The number of hydrogen-bond donors (Lipinski definition) is 1. The zero-order chi connectivity index (χ0) is 8.55. The quantitative estimate of drug-likeness (QED) is 0.679. The molecule has 0 aromatic rings. The molecule has 0 bridgehead atoms. The van der Waals surface area contributed by atoms with E-state index in [-0.39, 0.29) is 24.3 Å². The van der Waals surface area contributed by atoms with Gasteiger partial charge in [-0.2, -0.15) is 0 Å². The van der Waals surface area contributed by atoms with Crippen LogP contribution in [0.4, 0.5) is 0 Å². The first kappa shape index (κ1) is 10.8. The van der Waals surface area contributed by atoms with Crippen LogP contribution < -0.4 is 5.32 Å². The van der Waals surface area contributed by atoms with Crippen LogP contribution in [0.5, 0.6) is 0 Å². The highest BCUT2D eigenvalue weighted by Crippen LogP contribution is 2.42. The van der Waals surface area contributed by atoms with E-state index in [0.29, 0.717) is 5.92 Å². The summed E-state index contributed by atoms with van der Waals surface area (Å²) in [6.45, 7) is 1.82. The molecule has 0 aromatic carbocycles. The second-order valence-corrected chi connectivity index (χ2v) is 3.79. The van der Waals surface area contributed by atoms with Crippen molar-refractivity contribution >= 4 is 18.4 Å². The van der Waals surface area contributed by atoms with Gasteiger partial charge in [-0.25, -0.2) is 0 Å². The van der Waals surface area contributed by atoms with E-state index in [9.17, 15) is 4.79 Å². The standard InChI is InChI=1S/C9H15NO2.ClH/c1-12-9(11)8-5-10-4-7(8)6-2-3-6;/h6-8,10H,2-5H2,1H3;1H/t7-,8+;/m0./s1. The molecule has 0 radical (unpaired) electrons. The zero-order valence-electron chi connectivity index (χ0n) is 7.79. The van der Waals surface area contributed by atoms with Gasteiger partial charge in [0, 0.05) is 6.54 Å². The fraction of sp³-hybridized carbons (Fsp3) is 0.889. The summed E-state index contributed by atoms with van der Waals surface area (Å²) in [4.78, 5) is 11.3. The molecule has 1 aliphatic heterocycles. The third kappa shape index (κ3) is 2.15. The summed E-state index contributed by atoms with van der Waals surface area (Å²) in [5.41, 5.74) is 0. The molecule has 13 heavy (non-hydrogen) atoms. The molecule has 2 aliphatic rings. The Bertz CT molecular complexity index is 194. The van der Waals surface area contributed by atoms with Crippen LogP contribution in [0.2, 0.25) is 0 Å². The molecule has 0 aromatic heterocycles. The Morgan fingerprint density at radius 3 is 2.62 bits per heavy atom. The summed E-state index contributed by atoms with van der Waals surface area (Å²) in [6.07, 6.45) is 2.61. The van der Waals surface area contributed by atoms with Crippen LogP contribution in [0.1, 0.15) is 12.8 Å². The minimum Gasteiger partial charge on any atom is -0.469 e. The van der Waals surface area contributed by atoms with Crippen LogP contribution in [0.3, 0.4) is 0 Å². The Labute approximate surface area is 84.6 Å². The summed E-state index contributed by atoms with van der Waals surface area (Å²) in [5, 5.41) is 3.26. The maximum atomic E-state index is 11.3. The van der Waals surface area contributed by atoms with E-state index >= 15 is 0 Å². The van der Waals surface area contributed by atoms with Gasteiger partial charge in [0.1, 0.15) is 0 Å². The largest absolute Gasteiger partial charge is 0.469 e. The van der Waals surface area contributed by atoms with Crippen molar-refractivity contribution in [2.45, 2.75) is 12.8 Å². The highest BCUT2D eigenvalue weighted by molar-refractivity contribution is 5.85. The predicted molar refractivity (Wildman–Crippen MR) is 51.8 cm³/mol. The molecule has 1 aliphatic carbocycles. The number of hydrogen-bond acceptors (Lipinski definition) is 3. The van der Waals surface area contributed by atoms with Crippen molar-refractivity contribution in [2.75, 3.05) is 20.2 Å². The van der Waals surface area contributed by atoms with Gasteiger partial charge in [-0.3, -0.25) is 4.79 Å². The van der Waals surface area contributed by atoms with Gasteiger partial charge in [-0.15, -0.1) is 12.4 Å². The monoisotopic (exact) mass is 205 g/mol. The number of methoxy groups -OCH3 is 1. The minimum atomic E-state index is -0.0306. The van der Waals surface area contributed by atoms with Gasteiger partial charge in [0.15, 0.2) is 0 Å². The molecule has 1 heterocycles. The van der Waals surface area contributed by atoms with Gasteiger partial charge in [0.25, 0.3) is 0 Å². The zero-order valence-corrected chi connectivity index (χ0v) is 8.60. The average molecular weight is 206 g/mol. The van der Waals surface area contributed by atoms with Crippen LogP contribution in [-0.2, 0) is 9.53 Å². The summed E-state index contributed by atoms with van der Waals surface area (Å²) in [7, 11) is 1.48. The van der Waals surface area contributed by atoms with Crippen molar-refractivity contribution in [3.05, 3.63) is 0 Å². The van der Waals surface area contributed by atoms with Gasteiger partial charge >= 0.3 is 5.97 Å². The van der Waals surface area contributed by atoms with E-state index in [2.05, 4.69) is 5.32 Å². The van der Waals surface area contributed by atoms with E-state index in [4.69, 9.17) is 4.74 Å². The lowest BCUT2D eigenvalue weighted by molar-refractivity contribution is -0.146. The van der Waals surface area contributed by atoms with Crippen molar-refractivity contribution in [2.24, 2.45) is 17.8 Å². The maximum Gasteiger partial charge on any atom is 0.310 e. The molecular formula is C9H16ClNO2. The number of esters is 1. The van der Waals surface area contributed by atoms with Crippen molar-refractivity contribution in [1.82, 2.24) is 5.32 Å². The molecule has 1 saturated heterocycles. The topological polar surface area (TPSA) is 38.3 Å². The SMILES string of the molecule is COC(=O)[C@@H]1CNC[C@H]1C1CC1.Cl. The predicted octanol–water partition coefficient (Wildman–Crippen LogP) is 0.827. The van der Waals surface area contributed by atoms with E-state index in [1.54, 1.807) is 0 Å². The van der Waals surface area contributed by atoms with E-state index in [1.165, 1.54) is 20.0 Å². The van der Waals surface area contributed by atoms with Crippen molar-refractivity contribution in [1.29, 1.82) is 0 Å². The Hall–Kier alpha value is -0.280. The van der Waals surface area contributed by atoms with Crippen LogP contribution in [-0.4, -0.2) is 26.2 Å². The second-order valence-electron chi connectivity index (χ2n) is 3.79. The number of rotatable bonds is 2. The normalized spacial score (nSPS) is 32.4. The Kier molecular flexibility index (Phi) is 3.56. The van der Waals surface area contributed by atoms with Crippen LogP contribution in [0, 0.1) is 17.8 Å². The molecule has 2 rings (SSSR count). The molecule has 4 heteroatoms. The molecule has 2 fully saturated rings. The molecular weight excluding hydrogens is 190 g/mol. The average Bonchev–Trinajstić information content (AvgIpc) is 2.83. The number of carbonyl (C=O) groups is 1. The smallest absolute Gasteiger partial charge is 0.310 e. The third-order valence-electron chi connectivity index (χ3n) is 2.99. The highest BCUT2D eigenvalue weighted by atomic mass is 35.5. The minimum absolute atomic E-state index is 0. The number of halogens is 1. The molecule has 0 unspecified atom stereocenters. The number of ether oxygens (including phenoxy) is 1. The Balaban J connectivity index is 0.000000845. The second kappa shape index (κ2) is 4.29. The van der Waals surface area contributed by atoms with E-state index in [0.717, 1.165) is 19.0 Å². The first-order valence-corrected chi connectivity index (χ1v) is 4.61. The molecule has 3 nitrogen and oxygen atoms in total. The lowest BCUT2D eigenvalue weighted by atomic mass is 9.92.